The number of hydrogen-bond donors (Lipinski definition) is 2. The standard InChI is InChI=1S/C19H27N3O6/c1-18(2,3)21-14(23)10-27-16(25)12-8-7-9-13(20-12)17(26)28-11-15(24)22-19(4,5)6/h7-9H,10-11H2,1-6H3,(H,21,23)(H,22,24). The van der Waals surface area contributed by atoms with E-state index in [1.807, 2.05) is 0 Å². The highest BCUT2D eigenvalue weighted by molar-refractivity contribution is 5.93. The van der Waals surface area contributed by atoms with Crippen molar-refractivity contribution in [3.8, 4) is 0 Å². The maximum atomic E-state index is 12.0. The van der Waals surface area contributed by atoms with E-state index in [1.165, 1.54) is 18.2 Å². The lowest BCUT2D eigenvalue weighted by Gasteiger charge is -2.20. The maximum absolute atomic E-state index is 12.0. The van der Waals surface area contributed by atoms with Gasteiger partial charge in [0, 0.05) is 11.1 Å². The molecule has 0 fully saturated rings. The molecular formula is C19H27N3O6. The predicted octanol–water partition coefficient (Wildman–Crippen LogP) is 1.22. The zero-order valence-corrected chi connectivity index (χ0v) is 17.0. The van der Waals surface area contributed by atoms with Crippen molar-refractivity contribution in [1.29, 1.82) is 0 Å². The number of nitrogens with zero attached hydrogens (tertiary/aromatic N) is 1. The molecule has 0 saturated heterocycles. The summed E-state index contributed by atoms with van der Waals surface area (Å²) in [6.07, 6.45) is 0. The van der Waals surface area contributed by atoms with Crippen molar-refractivity contribution in [3.63, 3.8) is 0 Å². The van der Waals surface area contributed by atoms with Gasteiger partial charge in [-0.2, -0.15) is 0 Å². The third kappa shape index (κ3) is 9.11. The highest BCUT2D eigenvalue weighted by Crippen LogP contribution is 2.05. The number of pyridine rings is 1. The minimum atomic E-state index is -0.857. The lowest BCUT2D eigenvalue weighted by molar-refractivity contribution is -0.126. The summed E-state index contributed by atoms with van der Waals surface area (Å²) in [7, 11) is 0. The maximum Gasteiger partial charge on any atom is 0.357 e. The van der Waals surface area contributed by atoms with Gasteiger partial charge in [0.25, 0.3) is 11.8 Å². The van der Waals surface area contributed by atoms with E-state index in [0.717, 1.165) is 0 Å². The second kappa shape index (κ2) is 9.29. The number of carbonyl (C=O) groups is 4. The molecule has 1 heterocycles. The summed E-state index contributed by atoms with van der Waals surface area (Å²) in [5, 5.41) is 5.30. The molecule has 0 bridgehead atoms. The van der Waals surface area contributed by atoms with Gasteiger partial charge < -0.3 is 20.1 Å². The fourth-order valence-corrected chi connectivity index (χ4v) is 1.98. The molecular weight excluding hydrogens is 366 g/mol. The Morgan fingerprint density at radius 1 is 0.786 bits per heavy atom. The highest BCUT2D eigenvalue weighted by Gasteiger charge is 2.19. The molecule has 9 nitrogen and oxygen atoms in total. The number of esters is 2. The monoisotopic (exact) mass is 393 g/mol. The van der Waals surface area contributed by atoms with Crippen LogP contribution in [0.4, 0.5) is 0 Å². The van der Waals surface area contributed by atoms with Gasteiger partial charge in [-0.3, -0.25) is 9.59 Å². The molecule has 154 valence electrons. The SMILES string of the molecule is CC(C)(C)NC(=O)COC(=O)c1cccc(C(=O)OCC(=O)NC(C)(C)C)n1. The Balaban J connectivity index is 2.63. The van der Waals surface area contributed by atoms with Crippen LogP contribution < -0.4 is 10.6 Å². The molecule has 2 N–H and O–H groups in total. The molecule has 0 atom stereocenters. The minimum Gasteiger partial charge on any atom is -0.451 e. The second-order valence-corrected chi connectivity index (χ2v) is 8.16. The van der Waals surface area contributed by atoms with Crippen LogP contribution in [0.15, 0.2) is 18.2 Å². The van der Waals surface area contributed by atoms with Gasteiger partial charge in [0.1, 0.15) is 11.4 Å². The van der Waals surface area contributed by atoms with Crippen LogP contribution in [0.5, 0.6) is 0 Å². The first-order chi connectivity index (χ1) is 12.8. The number of amides is 2. The summed E-state index contributed by atoms with van der Waals surface area (Å²) in [4.78, 5) is 51.3. The minimum absolute atomic E-state index is 0.155. The Hall–Kier alpha value is -2.97. The van der Waals surface area contributed by atoms with Gasteiger partial charge in [-0.25, -0.2) is 14.6 Å². The number of aromatic nitrogens is 1. The lowest BCUT2D eigenvalue weighted by Crippen LogP contribution is -2.42. The molecule has 1 aromatic heterocycles. The molecule has 1 rings (SSSR count). The van der Waals surface area contributed by atoms with E-state index >= 15 is 0 Å². The van der Waals surface area contributed by atoms with Crippen LogP contribution in [0.25, 0.3) is 0 Å². The number of nitrogens with one attached hydrogen (secondary N) is 2. The molecule has 0 aliphatic rings. The molecule has 0 saturated carbocycles. The zero-order chi connectivity index (χ0) is 21.5. The normalized spacial score (nSPS) is 11.4. The van der Waals surface area contributed by atoms with Gasteiger partial charge in [0.15, 0.2) is 13.2 Å². The number of hydrogen-bond acceptors (Lipinski definition) is 7. The van der Waals surface area contributed by atoms with E-state index in [-0.39, 0.29) is 11.4 Å². The topological polar surface area (TPSA) is 124 Å². The Morgan fingerprint density at radius 3 is 1.46 bits per heavy atom. The van der Waals surface area contributed by atoms with Gasteiger partial charge in [-0.15, -0.1) is 0 Å². The van der Waals surface area contributed by atoms with Gasteiger partial charge in [0.2, 0.25) is 0 Å². The van der Waals surface area contributed by atoms with Crippen molar-refractivity contribution in [2.45, 2.75) is 52.6 Å². The van der Waals surface area contributed by atoms with Crippen LogP contribution in [0.2, 0.25) is 0 Å². The lowest BCUT2D eigenvalue weighted by atomic mass is 10.1. The van der Waals surface area contributed by atoms with Crippen molar-refractivity contribution in [3.05, 3.63) is 29.6 Å². The Morgan fingerprint density at radius 2 is 1.14 bits per heavy atom. The first kappa shape index (κ1) is 23.1. The van der Waals surface area contributed by atoms with Crippen LogP contribution in [-0.2, 0) is 19.1 Å². The third-order valence-electron chi connectivity index (χ3n) is 2.86. The van der Waals surface area contributed by atoms with Crippen molar-refractivity contribution in [2.24, 2.45) is 0 Å². The van der Waals surface area contributed by atoms with Gasteiger partial charge in [0.05, 0.1) is 0 Å². The van der Waals surface area contributed by atoms with E-state index in [4.69, 9.17) is 9.47 Å². The number of ether oxygens (including phenoxy) is 2. The summed E-state index contributed by atoms with van der Waals surface area (Å²) < 4.78 is 9.79. The Bertz CT molecular complexity index is 688. The fraction of sp³-hybridized carbons (Fsp3) is 0.526. The van der Waals surface area contributed by atoms with Crippen LogP contribution in [0, 0.1) is 0 Å². The van der Waals surface area contributed by atoms with Gasteiger partial charge >= 0.3 is 11.9 Å². The second-order valence-electron chi connectivity index (χ2n) is 8.16. The Kier molecular flexibility index (Phi) is 7.66. The van der Waals surface area contributed by atoms with Crippen LogP contribution in [-0.4, -0.2) is 53.0 Å². The smallest absolute Gasteiger partial charge is 0.357 e. The predicted molar refractivity (Wildman–Crippen MR) is 101 cm³/mol. The van der Waals surface area contributed by atoms with Crippen molar-refractivity contribution >= 4 is 23.8 Å². The average molecular weight is 393 g/mol. The van der Waals surface area contributed by atoms with E-state index in [1.54, 1.807) is 41.5 Å². The molecule has 0 radical (unpaired) electrons. The van der Waals surface area contributed by atoms with Crippen LogP contribution in [0.1, 0.15) is 62.5 Å². The number of rotatable bonds is 6. The molecule has 0 aliphatic heterocycles. The van der Waals surface area contributed by atoms with Crippen LogP contribution in [0.3, 0.4) is 0 Å². The largest absolute Gasteiger partial charge is 0.451 e. The molecule has 9 heteroatoms. The first-order valence-electron chi connectivity index (χ1n) is 8.70. The zero-order valence-electron chi connectivity index (χ0n) is 17.0. The summed E-state index contributed by atoms with van der Waals surface area (Å²) in [6, 6.07) is 4.10. The summed E-state index contributed by atoms with van der Waals surface area (Å²) in [6.45, 7) is 9.83. The van der Waals surface area contributed by atoms with Gasteiger partial charge in [-0.1, -0.05) is 6.07 Å². The summed E-state index contributed by atoms with van der Waals surface area (Å²) >= 11 is 0. The molecule has 0 unspecified atom stereocenters. The fourth-order valence-electron chi connectivity index (χ4n) is 1.98. The van der Waals surface area contributed by atoms with Crippen molar-refractivity contribution < 1.29 is 28.7 Å². The molecule has 0 aromatic carbocycles. The molecule has 0 spiro atoms. The first-order valence-corrected chi connectivity index (χ1v) is 8.70. The summed E-state index contributed by atoms with van der Waals surface area (Å²) in [5.41, 5.74) is -1.22. The summed E-state index contributed by atoms with van der Waals surface area (Å²) in [5.74, 6) is -2.63. The highest BCUT2D eigenvalue weighted by atomic mass is 16.5. The van der Waals surface area contributed by atoms with Gasteiger partial charge in [-0.05, 0) is 53.7 Å². The van der Waals surface area contributed by atoms with E-state index in [9.17, 15) is 19.2 Å². The molecule has 1 aromatic rings. The van der Waals surface area contributed by atoms with E-state index < -0.39 is 48.0 Å². The van der Waals surface area contributed by atoms with Crippen molar-refractivity contribution in [1.82, 2.24) is 15.6 Å². The average Bonchev–Trinajstić information content (AvgIpc) is 2.54. The number of carbonyl (C=O) groups excluding carboxylic acids is 4. The molecule has 28 heavy (non-hydrogen) atoms. The quantitative estimate of drug-likeness (QED) is 0.697. The third-order valence-corrected chi connectivity index (χ3v) is 2.86. The molecule has 0 aliphatic carbocycles. The van der Waals surface area contributed by atoms with Crippen LogP contribution >= 0.6 is 0 Å². The Labute approximate surface area is 164 Å². The van der Waals surface area contributed by atoms with E-state index in [0.29, 0.717) is 0 Å². The molecule has 2 amide bonds. The van der Waals surface area contributed by atoms with Crippen molar-refractivity contribution in [2.75, 3.05) is 13.2 Å². The van der Waals surface area contributed by atoms with E-state index in [2.05, 4.69) is 15.6 Å².